The molecule has 0 aromatic heterocycles. The van der Waals surface area contributed by atoms with Crippen LogP contribution in [0.15, 0.2) is 0 Å². The molecule has 0 aromatic carbocycles. The van der Waals surface area contributed by atoms with E-state index in [-0.39, 0.29) is 17.4 Å². The van der Waals surface area contributed by atoms with Gasteiger partial charge in [0.2, 0.25) is 5.91 Å². The third kappa shape index (κ3) is 3.98. The van der Waals surface area contributed by atoms with Crippen LogP contribution >= 0.6 is 0 Å². The molecule has 3 nitrogen and oxygen atoms in total. The van der Waals surface area contributed by atoms with Crippen LogP contribution in [0.2, 0.25) is 0 Å². The van der Waals surface area contributed by atoms with Crippen LogP contribution in [0, 0.1) is 11.3 Å². The van der Waals surface area contributed by atoms with Crippen LogP contribution in [0.1, 0.15) is 65.7 Å². The number of carbonyl (C=O) groups excluding carboxylic acids is 1. The quantitative estimate of drug-likeness (QED) is 0.734. The highest BCUT2D eigenvalue weighted by Gasteiger charge is 2.28. The number of nitrogens with two attached hydrogens (primary N) is 1. The molecule has 1 aliphatic carbocycles. The Morgan fingerprint density at radius 3 is 2.28 bits per heavy atom. The summed E-state index contributed by atoms with van der Waals surface area (Å²) in [6.07, 6.45) is 7.39. The van der Waals surface area contributed by atoms with Crippen molar-refractivity contribution in [3.05, 3.63) is 0 Å². The summed E-state index contributed by atoms with van der Waals surface area (Å²) in [5.41, 5.74) is 6.29. The summed E-state index contributed by atoms with van der Waals surface area (Å²) in [6, 6.07) is 0.240. The van der Waals surface area contributed by atoms with Gasteiger partial charge in [0.1, 0.15) is 0 Å². The predicted molar refractivity (Wildman–Crippen MR) is 76.2 cm³/mol. The van der Waals surface area contributed by atoms with Gasteiger partial charge in [0.15, 0.2) is 0 Å². The van der Waals surface area contributed by atoms with Gasteiger partial charge in [-0.15, -0.1) is 0 Å². The van der Waals surface area contributed by atoms with E-state index in [1.54, 1.807) is 0 Å². The highest BCUT2D eigenvalue weighted by atomic mass is 16.1. The lowest BCUT2D eigenvalue weighted by Crippen LogP contribution is -2.38. The van der Waals surface area contributed by atoms with Gasteiger partial charge >= 0.3 is 0 Å². The van der Waals surface area contributed by atoms with Crippen molar-refractivity contribution in [1.29, 1.82) is 0 Å². The third-order valence-corrected chi connectivity index (χ3v) is 5.08. The number of hydrogen-bond donors (Lipinski definition) is 2. The van der Waals surface area contributed by atoms with Gasteiger partial charge in [-0.1, -0.05) is 27.2 Å². The summed E-state index contributed by atoms with van der Waals surface area (Å²) < 4.78 is 0. The molecule has 106 valence electrons. The van der Waals surface area contributed by atoms with Crippen LogP contribution < -0.4 is 11.1 Å². The largest absolute Gasteiger partial charge is 0.356 e. The molecule has 1 aliphatic rings. The predicted octanol–water partition coefficient (Wildman–Crippen LogP) is 2.84. The molecular formula is C15H30N2O. The van der Waals surface area contributed by atoms with E-state index in [4.69, 9.17) is 5.73 Å². The lowest BCUT2D eigenvalue weighted by Gasteiger charge is -2.30. The molecule has 2 atom stereocenters. The Bertz CT molecular complexity index is 253. The summed E-state index contributed by atoms with van der Waals surface area (Å²) in [6.45, 7) is 7.46. The molecule has 1 amide bonds. The molecule has 0 aromatic rings. The Labute approximate surface area is 112 Å². The molecule has 3 N–H and O–H groups in total. The number of rotatable bonds is 7. The van der Waals surface area contributed by atoms with E-state index >= 15 is 0 Å². The summed E-state index contributed by atoms with van der Waals surface area (Å²) in [4.78, 5) is 12.0. The van der Waals surface area contributed by atoms with E-state index in [0.29, 0.717) is 12.3 Å². The first-order valence-corrected chi connectivity index (χ1v) is 7.59. The van der Waals surface area contributed by atoms with Crippen molar-refractivity contribution in [2.75, 3.05) is 6.54 Å². The zero-order valence-corrected chi connectivity index (χ0v) is 12.3. The minimum Gasteiger partial charge on any atom is -0.356 e. The van der Waals surface area contributed by atoms with E-state index < -0.39 is 0 Å². The van der Waals surface area contributed by atoms with Gasteiger partial charge < -0.3 is 11.1 Å². The highest BCUT2D eigenvalue weighted by molar-refractivity contribution is 5.76. The Kier molecular flexibility index (Phi) is 6.13. The van der Waals surface area contributed by atoms with Gasteiger partial charge in [-0.3, -0.25) is 4.79 Å². The van der Waals surface area contributed by atoms with Crippen LogP contribution in [-0.4, -0.2) is 18.5 Å². The highest BCUT2D eigenvalue weighted by Crippen LogP contribution is 2.30. The average molecular weight is 254 g/mol. The third-order valence-electron chi connectivity index (χ3n) is 5.08. The first kappa shape index (κ1) is 15.5. The molecule has 0 bridgehead atoms. The monoisotopic (exact) mass is 254 g/mol. The molecule has 0 radical (unpaired) electrons. The maximum absolute atomic E-state index is 12.0. The number of carbonyl (C=O) groups is 1. The summed E-state index contributed by atoms with van der Waals surface area (Å²) >= 11 is 0. The second kappa shape index (κ2) is 7.13. The molecule has 3 heteroatoms. The minimum absolute atomic E-state index is 0.192. The molecule has 0 saturated heterocycles. The lowest BCUT2D eigenvalue weighted by atomic mass is 9.80. The Balaban J connectivity index is 2.36. The fourth-order valence-corrected chi connectivity index (χ4v) is 3.04. The summed E-state index contributed by atoms with van der Waals surface area (Å²) in [5, 5.41) is 3.13. The number of hydrogen-bond acceptors (Lipinski definition) is 2. The Hall–Kier alpha value is -0.570. The van der Waals surface area contributed by atoms with Gasteiger partial charge in [0.25, 0.3) is 0 Å². The second-order valence-corrected chi connectivity index (χ2v) is 5.90. The van der Waals surface area contributed by atoms with E-state index in [1.807, 2.05) is 0 Å². The van der Waals surface area contributed by atoms with Crippen molar-refractivity contribution in [2.24, 2.45) is 17.1 Å². The molecule has 0 heterocycles. The fourth-order valence-electron chi connectivity index (χ4n) is 3.04. The van der Waals surface area contributed by atoms with Crippen LogP contribution in [-0.2, 0) is 4.79 Å². The topological polar surface area (TPSA) is 55.1 Å². The van der Waals surface area contributed by atoms with Gasteiger partial charge in [-0.25, -0.2) is 0 Å². The van der Waals surface area contributed by atoms with Crippen molar-refractivity contribution < 1.29 is 4.79 Å². The molecular weight excluding hydrogens is 224 g/mol. The minimum atomic E-state index is 0.192. The molecule has 0 aliphatic heterocycles. The fraction of sp³-hybridized carbons (Fsp3) is 0.933. The lowest BCUT2D eigenvalue weighted by molar-refractivity contribution is -0.122. The first-order valence-electron chi connectivity index (χ1n) is 7.59. The van der Waals surface area contributed by atoms with Crippen LogP contribution in [0.3, 0.4) is 0 Å². The van der Waals surface area contributed by atoms with Gasteiger partial charge in [0, 0.05) is 19.0 Å². The van der Waals surface area contributed by atoms with E-state index in [2.05, 4.69) is 26.1 Å². The van der Waals surface area contributed by atoms with Crippen LogP contribution in [0.4, 0.5) is 0 Å². The van der Waals surface area contributed by atoms with Gasteiger partial charge in [0.05, 0.1) is 0 Å². The average Bonchev–Trinajstić information content (AvgIpc) is 2.77. The second-order valence-electron chi connectivity index (χ2n) is 5.90. The smallest absolute Gasteiger partial charge is 0.220 e. The summed E-state index contributed by atoms with van der Waals surface area (Å²) in [5.74, 6) is 0.598. The van der Waals surface area contributed by atoms with Gasteiger partial charge in [-0.2, -0.15) is 0 Å². The van der Waals surface area contributed by atoms with Crippen LogP contribution in [0.25, 0.3) is 0 Å². The Morgan fingerprint density at radius 2 is 1.83 bits per heavy atom. The normalized spacial score (nSPS) is 24.2. The van der Waals surface area contributed by atoms with Gasteiger partial charge in [-0.05, 0) is 43.4 Å². The molecule has 1 fully saturated rings. The SMILES string of the molecule is CCC(CC)(CC)CNC(=O)C[C@@H]1CCC[C@H]1N. The van der Waals surface area contributed by atoms with Crippen LogP contribution in [0.5, 0.6) is 0 Å². The van der Waals surface area contributed by atoms with Crippen molar-refractivity contribution in [1.82, 2.24) is 5.32 Å². The molecule has 0 spiro atoms. The zero-order chi connectivity index (χ0) is 13.6. The number of nitrogens with one attached hydrogen (secondary N) is 1. The molecule has 1 saturated carbocycles. The first-order chi connectivity index (χ1) is 8.56. The van der Waals surface area contributed by atoms with E-state index in [9.17, 15) is 4.79 Å². The van der Waals surface area contributed by atoms with Crippen molar-refractivity contribution in [3.8, 4) is 0 Å². The molecule has 18 heavy (non-hydrogen) atoms. The van der Waals surface area contributed by atoms with Crippen molar-refractivity contribution in [3.63, 3.8) is 0 Å². The molecule has 1 rings (SSSR count). The number of amides is 1. The Morgan fingerprint density at radius 1 is 1.22 bits per heavy atom. The maximum Gasteiger partial charge on any atom is 0.220 e. The maximum atomic E-state index is 12.0. The summed E-state index contributed by atoms with van der Waals surface area (Å²) in [7, 11) is 0. The van der Waals surface area contributed by atoms with E-state index in [1.165, 1.54) is 6.42 Å². The molecule has 0 unspecified atom stereocenters. The standard InChI is InChI=1S/C15H30N2O/c1-4-15(5-2,6-3)11-17-14(18)10-12-8-7-9-13(12)16/h12-13H,4-11,16H2,1-3H3,(H,17,18)/t12-,13+/m0/s1. The van der Waals surface area contributed by atoms with Crippen molar-refractivity contribution >= 4 is 5.91 Å². The van der Waals surface area contributed by atoms with E-state index in [0.717, 1.165) is 38.6 Å². The van der Waals surface area contributed by atoms with Crippen molar-refractivity contribution in [2.45, 2.75) is 71.8 Å². The zero-order valence-electron chi connectivity index (χ0n) is 12.3.